The van der Waals surface area contributed by atoms with Gasteiger partial charge in [0.2, 0.25) is 0 Å². The third kappa shape index (κ3) is 1.47. The van der Waals surface area contributed by atoms with E-state index in [0.717, 1.165) is 5.39 Å². The number of fused-ring (bicyclic) bond motifs is 1. The van der Waals surface area contributed by atoms with E-state index in [9.17, 15) is 0 Å². The molecule has 0 aliphatic rings. The summed E-state index contributed by atoms with van der Waals surface area (Å²) in [5, 5.41) is 1.35. The SMILES string of the molecule is Nc1nc(Br)nc2c(Cl)cccc12. The van der Waals surface area contributed by atoms with Crippen molar-refractivity contribution < 1.29 is 0 Å². The fourth-order valence-corrected chi connectivity index (χ4v) is 1.70. The molecule has 0 amide bonds. The molecule has 1 aromatic heterocycles. The third-order valence-electron chi connectivity index (χ3n) is 1.68. The highest BCUT2D eigenvalue weighted by Gasteiger charge is 2.05. The van der Waals surface area contributed by atoms with E-state index < -0.39 is 0 Å². The number of nitrogen functional groups attached to an aromatic ring is 1. The van der Waals surface area contributed by atoms with E-state index in [2.05, 4.69) is 25.9 Å². The van der Waals surface area contributed by atoms with Gasteiger partial charge < -0.3 is 5.73 Å². The minimum Gasteiger partial charge on any atom is -0.383 e. The molecule has 13 heavy (non-hydrogen) atoms. The summed E-state index contributed by atoms with van der Waals surface area (Å²) >= 11 is 9.09. The van der Waals surface area contributed by atoms with Gasteiger partial charge in [0.15, 0.2) is 4.73 Å². The van der Waals surface area contributed by atoms with E-state index in [1.165, 1.54) is 0 Å². The van der Waals surface area contributed by atoms with Crippen LogP contribution in [-0.4, -0.2) is 9.97 Å². The largest absolute Gasteiger partial charge is 0.383 e. The lowest BCUT2D eigenvalue weighted by Gasteiger charge is -2.02. The molecular weight excluding hydrogens is 253 g/mol. The van der Waals surface area contributed by atoms with E-state index in [-0.39, 0.29) is 0 Å². The first-order valence-electron chi connectivity index (χ1n) is 3.56. The van der Waals surface area contributed by atoms with Crippen molar-refractivity contribution in [3.63, 3.8) is 0 Å². The number of halogens is 2. The summed E-state index contributed by atoms with van der Waals surface area (Å²) in [6.07, 6.45) is 0. The van der Waals surface area contributed by atoms with Crippen LogP contribution in [0.25, 0.3) is 10.9 Å². The first-order chi connectivity index (χ1) is 6.18. The van der Waals surface area contributed by atoms with Gasteiger partial charge in [-0.15, -0.1) is 0 Å². The summed E-state index contributed by atoms with van der Waals surface area (Å²) in [5.74, 6) is 0.430. The Morgan fingerprint density at radius 3 is 2.85 bits per heavy atom. The number of hydrogen-bond acceptors (Lipinski definition) is 3. The maximum Gasteiger partial charge on any atom is 0.199 e. The van der Waals surface area contributed by atoms with Gasteiger partial charge in [-0.25, -0.2) is 9.97 Å². The standard InChI is InChI=1S/C8H5BrClN3/c9-8-12-6-4(7(11)13-8)2-1-3-5(6)10/h1-3H,(H2,11,12,13). The number of para-hydroxylation sites is 1. The number of benzene rings is 1. The van der Waals surface area contributed by atoms with Crippen molar-refractivity contribution in [3.8, 4) is 0 Å². The molecule has 0 aliphatic heterocycles. The van der Waals surface area contributed by atoms with E-state index in [0.29, 0.717) is 21.1 Å². The first kappa shape index (κ1) is 8.72. The Hall–Kier alpha value is -0.870. The predicted octanol–water partition coefficient (Wildman–Crippen LogP) is 2.63. The molecule has 1 aromatic carbocycles. The molecule has 2 aromatic rings. The van der Waals surface area contributed by atoms with Crippen molar-refractivity contribution in [2.24, 2.45) is 0 Å². The number of rotatable bonds is 0. The van der Waals surface area contributed by atoms with Gasteiger partial charge in [-0.1, -0.05) is 17.7 Å². The summed E-state index contributed by atoms with van der Waals surface area (Å²) in [4.78, 5) is 8.10. The van der Waals surface area contributed by atoms with Gasteiger partial charge in [0.1, 0.15) is 5.82 Å². The molecule has 1 heterocycles. The average Bonchev–Trinajstić information content (AvgIpc) is 2.07. The second-order valence-electron chi connectivity index (χ2n) is 2.51. The molecule has 0 spiro atoms. The summed E-state index contributed by atoms with van der Waals surface area (Å²) in [7, 11) is 0. The number of anilines is 1. The lowest BCUT2D eigenvalue weighted by molar-refractivity contribution is 1.17. The van der Waals surface area contributed by atoms with Crippen molar-refractivity contribution in [3.05, 3.63) is 28.0 Å². The van der Waals surface area contributed by atoms with Crippen molar-refractivity contribution in [1.29, 1.82) is 0 Å². The lowest BCUT2D eigenvalue weighted by Crippen LogP contribution is -1.95. The number of nitrogens with two attached hydrogens (primary N) is 1. The van der Waals surface area contributed by atoms with Crippen LogP contribution in [0.4, 0.5) is 5.82 Å². The smallest absolute Gasteiger partial charge is 0.199 e. The van der Waals surface area contributed by atoms with Gasteiger partial charge in [-0.05, 0) is 28.1 Å². The summed E-state index contributed by atoms with van der Waals surface area (Å²) in [5.41, 5.74) is 6.36. The Bertz CT molecular complexity index is 472. The molecule has 0 atom stereocenters. The van der Waals surface area contributed by atoms with Gasteiger partial charge >= 0.3 is 0 Å². The second-order valence-corrected chi connectivity index (χ2v) is 3.63. The van der Waals surface area contributed by atoms with Crippen LogP contribution in [0.3, 0.4) is 0 Å². The predicted molar refractivity (Wildman–Crippen MR) is 56.7 cm³/mol. The van der Waals surface area contributed by atoms with Crippen molar-refractivity contribution in [2.45, 2.75) is 0 Å². The minimum atomic E-state index is 0.430. The van der Waals surface area contributed by atoms with E-state index in [1.807, 2.05) is 12.1 Å². The van der Waals surface area contributed by atoms with Crippen molar-refractivity contribution >= 4 is 44.3 Å². The van der Waals surface area contributed by atoms with Crippen LogP contribution < -0.4 is 5.73 Å². The highest BCUT2D eigenvalue weighted by Crippen LogP contribution is 2.25. The monoisotopic (exact) mass is 257 g/mol. The van der Waals surface area contributed by atoms with Crippen LogP contribution >= 0.6 is 27.5 Å². The Labute approximate surface area is 88.1 Å². The number of aromatic nitrogens is 2. The number of hydrogen-bond donors (Lipinski definition) is 1. The molecule has 0 radical (unpaired) electrons. The molecule has 0 saturated heterocycles. The molecule has 0 unspecified atom stereocenters. The zero-order chi connectivity index (χ0) is 9.42. The number of nitrogens with zero attached hydrogens (tertiary/aromatic N) is 2. The van der Waals surface area contributed by atoms with Gasteiger partial charge in [-0.3, -0.25) is 0 Å². The molecule has 0 bridgehead atoms. The lowest BCUT2D eigenvalue weighted by atomic mass is 10.2. The molecule has 3 nitrogen and oxygen atoms in total. The first-order valence-corrected chi connectivity index (χ1v) is 4.73. The van der Waals surface area contributed by atoms with Gasteiger partial charge in [0, 0.05) is 5.39 Å². The van der Waals surface area contributed by atoms with Crippen LogP contribution in [-0.2, 0) is 0 Å². The minimum absolute atomic E-state index is 0.430. The quantitative estimate of drug-likeness (QED) is 0.739. The topological polar surface area (TPSA) is 51.8 Å². The Morgan fingerprint density at radius 2 is 2.08 bits per heavy atom. The molecule has 2 N–H and O–H groups in total. The van der Waals surface area contributed by atoms with Gasteiger partial charge in [0.25, 0.3) is 0 Å². The maximum atomic E-state index is 5.93. The van der Waals surface area contributed by atoms with Crippen LogP contribution in [0, 0.1) is 0 Å². The highest BCUT2D eigenvalue weighted by atomic mass is 79.9. The molecule has 0 aliphatic carbocycles. The molecule has 0 saturated carbocycles. The third-order valence-corrected chi connectivity index (χ3v) is 2.34. The van der Waals surface area contributed by atoms with E-state index in [4.69, 9.17) is 17.3 Å². The molecule has 5 heteroatoms. The van der Waals surface area contributed by atoms with Gasteiger partial charge in [-0.2, -0.15) is 0 Å². The Kier molecular flexibility index (Phi) is 2.09. The van der Waals surface area contributed by atoms with Crippen LogP contribution in [0.15, 0.2) is 22.9 Å². The van der Waals surface area contributed by atoms with Crippen LogP contribution in [0.2, 0.25) is 5.02 Å². The fourth-order valence-electron chi connectivity index (χ4n) is 1.11. The maximum absolute atomic E-state index is 5.93. The summed E-state index contributed by atoms with van der Waals surface area (Å²) in [6.45, 7) is 0. The Morgan fingerprint density at radius 1 is 1.31 bits per heavy atom. The zero-order valence-corrected chi connectivity index (χ0v) is 8.80. The van der Waals surface area contributed by atoms with Crippen LogP contribution in [0.5, 0.6) is 0 Å². The summed E-state index contributed by atoms with van der Waals surface area (Å²) in [6, 6.07) is 5.42. The van der Waals surface area contributed by atoms with E-state index in [1.54, 1.807) is 6.07 Å². The molecule has 2 rings (SSSR count). The normalized spacial score (nSPS) is 10.6. The second kappa shape index (κ2) is 3.12. The highest BCUT2D eigenvalue weighted by molar-refractivity contribution is 9.10. The van der Waals surface area contributed by atoms with Crippen LogP contribution in [0.1, 0.15) is 0 Å². The fraction of sp³-hybridized carbons (Fsp3) is 0. The Balaban J connectivity index is 2.94. The van der Waals surface area contributed by atoms with E-state index >= 15 is 0 Å². The van der Waals surface area contributed by atoms with Gasteiger partial charge in [0.05, 0.1) is 10.5 Å². The average molecular weight is 259 g/mol. The van der Waals surface area contributed by atoms with Crippen molar-refractivity contribution in [2.75, 3.05) is 5.73 Å². The van der Waals surface area contributed by atoms with Crippen molar-refractivity contribution in [1.82, 2.24) is 9.97 Å². The molecular formula is C8H5BrClN3. The molecule has 66 valence electrons. The zero-order valence-electron chi connectivity index (χ0n) is 6.46. The summed E-state index contributed by atoms with van der Waals surface area (Å²) < 4.78 is 0.450. The molecule has 0 fully saturated rings.